The van der Waals surface area contributed by atoms with Crippen molar-refractivity contribution < 1.29 is 14.4 Å². The van der Waals surface area contributed by atoms with Gasteiger partial charge in [-0.2, -0.15) is 25.2 Å². The number of azo groups is 1. The van der Waals surface area contributed by atoms with Crippen LogP contribution in [-0.2, 0) is 27.2 Å². The quantitative estimate of drug-likeness (QED) is 0.0549. The Hall–Kier alpha value is -4.82. The molecule has 274 valence electrons. The van der Waals surface area contributed by atoms with Crippen molar-refractivity contribution in [3.8, 4) is 0 Å². The number of nitrogens with zero attached hydrogens (tertiary/aromatic N) is 7. The predicted molar refractivity (Wildman–Crippen MR) is 202 cm³/mol. The van der Waals surface area contributed by atoms with Crippen molar-refractivity contribution in [1.82, 2.24) is 24.8 Å². The molecule has 1 unspecified atom stereocenters. The third-order valence-corrected chi connectivity index (χ3v) is 8.82. The van der Waals surface area contributed by atoms with Crippen molar-refractivity contribution in [2.45, 2.75) is 72.8 Å². The molecule has 1 aliphatic heterocycles. The molecule has 4 N–H and O–H groups in total. The molecule has 2 heterocycles. The van der Waals surface area contributed by atoms with Crippen molar-refractivity contribution in [2.75, 3.05) is 73.6 Å². The van der Waals surface area contributed by atoms with E-state index in [1.54, 1.807) is 36.4 Å². The third kappa shape index (κ3) is 12.5. The lowest BCUT2D eigenvalue weighted by Gasteiger charge is -2.18. The lowest BCUT2D eigenvalue weighted by molar-refractivity contribution is -0.127. The highest BCUT2D eigenvalue weighted by Gasteiger charge is 2.24. The van der Waals surface area contributed by atoms with Crippen molar-refractivity contribution >= 4 is 52.4 Å². The van der Waals surface area contributed by atoms with E-state index in [9.17, 15) is 14.4 Å². The largest absolute Gasteiger partial charge is 0.354 e. The van der Waals surface area contributed by atoms with Crippen LogP contribution < -0.4 is 21.3 Å². The number of fused-ring (bicyclic) bond motifs is 1. The van der Waals surface area contributed by atoms with Crippen LogP contribution in [0.5, 0.6) is 0 Å². The molecule has 0 radical (unpaired) electrons. The summed E-state index contributed by atoms with van der Waals surface area (Å²) in [6.07, 6.45) is 3.33. The Kier molecular flexibility index (Phi) is 15.4. The van der Waals surface area contributed by atoms with Crippen LogP contribution in [0.25, 0.3) is 0 Å². The van der Waals surface area contributed by atoms with Crippen LogP contribution in [0.4, 0.5) is 34.9 Å². The van der Waals surface area contributed by atoms with Crippen LogP contribution in [0.3, 0.4) is 0 Å². The Balaban J connectivity index is 1.38. The first-order valence-electron chi connectivity index (χ1n) is 18.1. The topological polar surface area (TPSA) is 169 Å². The molecule has 2 aromatic carbocycles. The van der Waals surface area contributed by atoms with Crippen LogP contribution >= 0.6 is 0 Å². The summed E-state index contributed by atoms with van der Waals surface area (Å²) >= 11 is 0. The number of carbonyl (C=O) groups is 3. The maximum atomic E-state index is 13.0. The summed E-state index contributed by atoms with van der Waals surface area (Å²) in [4.78, 5) is 55.7. The van der Waals surface area contributed by atoms with E-state index >= 15 is 0 Å². The second-order valence-corrected chi connectivity index (χ2v) is 12.5. The van der Waals surface area contributed by atoms with Crippen molar-refractivity contribution in [3.63, 3.8) is 0 Å². The number of nitrogens with one attached hydrogen (secondary N) is 4. The lowest BCUT2D eigenvalue weighted by atomic mass is 9.99. The summed E-state index contributed by atoms with van der Waals surface area (Å²) in [5, 5.41) is 21.1. The molecule has 3 aromatic rings. The van der Waals surface area contributed by atoms with Gasteiger partial charge in [0.25, 0.3) is 0 Å². The van der Waals surface area contributed by atoms with E-state index in [0.717, 1.165) is 94.1 Å². The highest BCUT2D eigenvalue weighted by Crippen LogP contribution is 2.25. The molecule has 0 fully saturated rings. The molecule has 0 bridgehead atoms. The van der Waals surface area contributed by atoms with E-state index in [1.807, 2.05) is 6.07 Å². The maximum Gasteiger partial charge on any atom is 0.233 e. The first kappa shape index (κ1) is 39.0. The summed E-state index contributed by atoms with van der Waals surface area (Å²) in [7, 11) is 0. The first-order chi connectivity index (χ1) is 24.7. The Morgan fingerprint density at radius 1 is 0.824 bits per heavy atom. The second kappa shape index (κ2) is 20.1. The van der Waals surface area contributed by atoms with Gasteiger partial charge in [0.05, 0.1) is 12.1 Å². The molecule has 1 amide bonds. The van der Waals surface area contributed by atoms with Crippen molar-refractivity contribution in [2.24, 2.45) is 10.2 Å². The van der Waals surface area contributed by atoms with E-state index < -0.39 is 6.04 Å². The molecular weight excluding hydrogens is 646 g/mol. The van der Waals surface area contributed by atoms with Gasteiger partial charge < -0.3 is 31.1 Å². The summed E-state index contributed by atoms with van der Waals surface area (Å²) in [5.41, 5.74) is 3.52. The van der Waals surface area contributed by atoms with Crippen LogP contribution in [0.15, 0.2) is 52.7 Å². The fourth-order valence-corrected chi connectivity index (χ4v) is 5.76. The molecule has 0 saturated carbocycles. The van der Waals surface area contributed by atoms with Gasteiger partial charge in [-0.25, -0.2) is 0 Å². The van der Waals surface area contributed by atoms with Gasteiger partial charge in [0.2, 0.25) is 23.8 Å². The van der Waals surface area contributed by atoms with Gasteiger partial charge in [-0.05, 0) is 107 Å². The SMILES string of the molecule is CCN(CC)CCCCNc1nc(NCCCN(CC)CC)nc(Nc2ccc(N=NC(C(C)=O)C(=O)Cc3ccc4c(c3)CC(=O)N4)cc2)n1. The molecule has 51 heavy (non-hydrogen) atoms. The maximum absolute atomic E-state index is 13.0. The minimum absolute atomic E-state index is 0.0134. The molecule has 1 aliphatic rings. The number of hydrogen-bond acceptors (Lipinski definition) is 13. The van der Waals surface area contributed by atoms with E-state index in [2.05, 4.69) is 83.9 Å². The average molecular weight is 700 g/mol. The molecule has 0 spiro atoms. The van der Waals surface area contributed by atoms with Gasteiger partial charge in [-0.15, -0.1) is 0 Å². The molecule has 4 rings (SSSR count). The number of benzene rings is 2. The minimum Gasteiger partial charge on any atom is -0.354 e. The first-order valence-corrected chi connectivity index (χ1v) is 18.1. The number of anilines is 5. The van der Waals surface area contributed by atoms with Crippen LogP contribution in [-0.4, -0.2) is 101 Å². The van der Waals surface area contributed by atoms with Gasteiger partial charge in [-0.3, -0.25) is 14.4 Å². The zero-order valence-corrected chi connectivity index (χ0v) is 30.7. The summed E-state index contributed by atoms with van der Waals surface area (Å²) in [5.74, 6) is 0.560. The number of hydrogen-bond donors (Lipinski definition) is 4. The van der Waals surface area contributed by atoms with Crippen LogP contribution in [0, 0.1) is 0 Å². The Morgan fingerprint density at radius 3 is 2.06 bits per heavy atom. The van der Waals surface area contributed by atoms with Crippen LogP contribution in [0.2, 0.25) is 0 Å². The number of amides is 1. The molecular formula is C37H53N11O3. The van der Waals surface area contributed by atoms with Gasteiger partial charge >= 0.3 is 0 Å². The predicted octanol–water partition coefficient (Wildman–Crippen LogP) is 5.64. The number of Topliss-reactive ketones (excluding diaryl/α,β-unsaturated/α-hetero) is 2. The average Bonchev–Trinajstić information content (AvgIpc) is 3.49. The Bertz CT molecular complexity index is 1620. The number of unbranched alkanes of at least 4 members (excludes halogenated alkanes) is 1. The summed E-state index contributed by atoms with van der Waals surface area (Å²) in [6, 6.07) is 11.2. The standard InChI is InChI=1S/C37H53N11O3/c1-6-47(7-2)21-11-10-19-38-35-42-36(39-20-12-22-48(8-3)9-4)44-37(43-35)40-29-14-16-30(17-15-29)45-46-34(26(5)49)32(50)24-27-13-18-31-28(23-27)25-33(51)41-31/h13-18,23,34H,6-12,19-22,24-25H2,1-5H3,(H,41,51)(H3,38,39,40,42,43,44). The molecule has 1 atom stereocenters. The van der Waals surface area contributed by atoms with Crippen molar-refractivity contribution in [3.05, 3.63) is 53.6 Å². The highest BCUT2D eigenvalue weighted by atomic mass is 16.2. The summed E-state index contributed by atoms with van der Waals surface area (Å²) in [6.45, 7) is 17.7. The van der Waals surface area contributed by atoms with Gasteiger partial charge in [-0.1, -0.05) is 39.8 Å². The smallest absolute Gasteiger partial charge is 0.233 e. The number of aromatic nitrogens is 3. The Morgan fingerprint density at radius 2 is 1.43 bits per heavy atom. The number of carbonyl (C=O) groups excluding carboxylic acids is 3. The normalized spacial score (nSPS) is 13.0. The van der Waals surface area contributed by atoms with Crippen LogP contribution in [0.1, 0.15) is 65.0 Å². The molecule has 0 saturated heterocycles. The molecule has 1 aromatic heterocycles. The second-order valence-electron chi connectivity index (χ2n) is 12.5. The van der Waals surface area contributed by atoms with E-state index in [0.29, 0.717) is 23.5 Å². The molecule has 0 aliphatic carbocycles. The van der Waals surface area contributed by atoms with Gasteiger partial charge in [0.15, 0.2) is 17.6 Å². The van der Waals surface area contributed by atoms with E-state index in [1.165, 1.54) is 6.92 Å². The van der Waals surface area contributed by atoms with Crippen molar-refractivity contribution in [1.29, 1.82) is 0 Å². The third-order valence-electron chi connectivity index (χ3n) is 8.82. The Labute approximate surface area is 301 Å². The number of ketones is 2. The monoisotopic (exact) mass is 699 g/mol. The minimum atomic E-state index is -1.22. The molecule has 14 heteroatoms. The van der Waals surface area contributed by atoms with E-state index in [-0.39, 0.29) is 30.3 Å². The van der Waals surface area contributed by atoms with Gasteiger partial charge in [0.1, 0.15) is 0 Å². The summed E-state index contributed by atoms with van der Waals surface area (Å²) < 4.78 is 0. The zero-order valence-electron chi connectivity index (χ0n) is 30.7. The van der Waals surface area contributed by atoms with Gasteiger partial charge in [0, 0.05) is 30.9 Å². The fourth-order valence-electron chi connectivity index (χ4n) is 5.76. The highest BCUT2D eigenvalue weighted by molar-refractivity contribution is 6.06. The zero-order chi connectivity index (χ0) is 36.6. The number of rotatable bonds is 23. The molecule has 14 nitrogen and oxygen atoms in total. The fraction of sp³-hybridized carbons (Fsp3) is 0.514. The van der Waals surface area contributed by atoms with E-state index in [4.69, 9.17) is 0 Å². The lowest BCUT2D eigenvalue weighted by Crippen LogP contribution is -2.27.